The Morgan fingerprint density at radius 2 is 2.09 bits per heavy atom. The summed E-state index contributed by atoms with van der Waals surface area (Å²) in [5, 5.41) is 9.77. The molecule has 1 aliphatic heterocycles. The Labute approximate surface area is 133 Å². The van der Waals surface area contributed by atoms with Gasteiger partial charge in [0.05, 0.1) is 6.54 Å². The largest absolute Gasteiger partial charge is 0.486 e. The minimum absolute atomic E-state index is 0.169. The second kappa shape index (κ2) is 7.17. The third kappa shape index (κ3) is 3.92. The Balaban J connectivity index is 1.37. The molecule has 0 spiro atoms. The third-order valence-corrected chi connectivity index (χ3v) is 4.07. The molecule has 0 aliphatic carbocycles. The Hall–Kier alpha value is -2.21. The fourth-order valence-corrected chi connectivity index (χ4v) is 2.89. The van der Waals surface area contributed by atoms with Gasteiger partial charge in [0.1, 0.15) is 6.61 Å². The second-order valence-corrected chi connectivity index (χ2v) is 5.80. The van der Waals surface area contributed by atoms with Crippen LogP contribution in [-0.4, -0.2) is 31.8 Å². The molecule has 2 aromatic rings. The smallest absolute Gasteiger partial charge is 0.314 e. The van der Waals surface area contributed by atoms with Crippen LogP contribution in [0, 0.1) is 0 Å². The highest BCUT2D eigenvalue weighted by molar-refractivity contribution is 7.07. The molecule has 5 nitrogen and oxygen atoms in total. The van der Waals surface area contributed by atoms with Gasteiger partial charge in [-0.15, -0.1) is 0 Å². The van der Waals surface area contributed by atoms with E-state index in [0.717, 1.165) is 17.9 Å². The number of hydrogen-bond donors (Lipinski definition) is 2. The minimum atomic E-state index is -0.183. The molecule has 0 fully saturated rings. The summed E-state index contributed by atoms with van der Waals surface area (Å²) >= 11 is 1.66. The van der Waals surface area contributed by atoms with Gasteiger partial charge < -0.3 is 20.1 Å². The molecular formula is C16H18N2O3S. The summed E-state index contributed by atoms with van der Waals surface area (Å²) in [6, 6.07) is 9.42. The van der Waals surface area contributed by atoms with Gasteiger partial charge in [-0.2, -0.15) is 11.3 Å². The first-order valence-corrected chi connectivity index (χ1v) is 8.17. The van der Waals surface area contributed by atoms with Crippen LogP contribution in [0.15, 0.2) is 41.1 Å². The average Bonchev–Trinajstić information content (AvgIpc) is 3.06. The van der Waals surface area contributed by atoms with Gasteiger partial charge in [0.15, 0.2) is 17.6 Å². The Kier molecular flexibility index (Phi) is 4.80. The van der Waals surface area contributed by atoms with E-state index in [2.05, 4.69) is 22.1 Å². The van der Waals surface area contributed by atoms with Crippen LogP contribution in [0.2, 0.25) is 0 Å². The van der Waals surface area contributed by atoms with Crippen molar-refractivity contribution in [2.24, 2.45) is 0 Å². The lowest BCUT2D eigenvalue weighted by molar-refractivity contribution is 0.0918. The van der Waals surface area contributed by atoms with Gasteiger partial charge in [-0.1, -0.05) is 12.1 Å². The summed E-state index contributed by atoms with van der Waals surface area (Å²) in [5.74, 6) is 1.47. The Bertz CT molecular complexity index is 616. The van der Waals surface area contributed by atoms with Crippen molar-refractivity contribution in [3.05, 3.63) is 46.7 Å². The fourth-order valence-electron chi connectivity index (χ4n) is 2.19. The lowest BCUT2D eigenvalue weighted by Crippen LogP contribution is -2.44. The second-order valence-electron chi connectivity index (χ2n) is 5.02. The highest BCUT2D eigenvalue weighted by Crippen LogP contribution is 2.30. The molecule has 1 unspecified atom stereocenters. The van der Waals surface area contributed by atoms with E-state index in [4.69, 9.17) is 9.47 Å². The zero-order valence-electron chi connectivity index (χ0n) is 12.1. The minimum Gasteiger partial charge on any atom is -0.486 e. The first-order chi connectivity index (χ1) is 10.8. The summed E-state index contributed by atoms with van der Waals surface area (Å²) in [6.45, 7) is 1.47. The SMILES string of the molecule is O=C(NCCc1ccsc1)NCC1COc2ccccc2O1. The molecule has 1 aromatic heterocycles. The van der Waals surface area contributed by atoms with Crippen LogP contribution in [0.4, 0.5) is 4.79 Å². The highest BCUT2D eigenvalue weighted by Gasteiger charge is 2.20. The van der Waals surface area contributed by atoms with Crippen LogP contribution in [0.3, 0.4) is 0 Å². The number of para-hydroxylation sites is 2. The Morgan fingerprint density at radius 1 is 1.23 bits per heavy atom. The average molecular weight is 318 g/mol. The van der Waals surface area contributed by atoms with Crippen LogP contribution in [0.25, 0.3) is 0 Å². The molecule has 0 bridgehead atoms. The van der Waals surface area contributed by atoms with E-state index < -0.39 is 0 Å². The molecule has 0 saturated carbocycles. The maximum atomic E-state index is 11.7. The number of benzene rings is 1. The van der Waals surface area contributed by atoms with Crippen molar-refractivity contribution >= 4 is 17.4 Å². The number of ether oxygens (including phenoxy) is 2. The number of amides is 2. The van der Waals surface area contributed by atoms with E-state index in [1.54, 1.807) is 11.3 Å². The quantitative estimate of drug-likeness (QED) is 0.890. The van der Waals surface area contributed by atoms with E-state index in [-0.39, 0.29) is 12.1 Å². The van der Waals surface area contributed by atoms with E-state index >= 15 is 0 Å². The molecule has 6 heteroatoms. The fraction of sp³-hybridized carbons (Fsp3) is 0.312. The highest BCUT2D eigenvalue weighted by atomic mass is 32.1. The van der Waals surface area contributed by atoms with Gasteiger partial charge in [-0.25, -0.2) is 4.79 Å². The molecule has 22 heavy (non-hydrogen) atoms. The number of carbonyl (C=O) groups is 1. The molecule has 1 aliphatic rings. The molecule has 1 atom stereocenters. The zero-order valence-corrected chi connectivity index (χ0v) is 12.9. The van der Waals surface area contributed by atoms with Crippen molar-refractivity contribution < 1.29 is 14.3 Å². The zero-order chi connectivity index (χ0) is 15.2. The van der Waals surface area contributed by atoms with Crippen LogP contribution >= 0.6 is 11.3 Å². The van der Waals surface area contributed by atoms with Crippen LogP contribution < -0.4 is 20.1 Å². The van der Waals surface area contributed by atoms with E-state index in [1.165, 1.54) is 5.56 Å². The first kappa shape index (κ1) is 14.7. The summed E-state index contributed by atoms with van der Waals surface area (Å²) in [4.78, 5) is 11.7. The maximum absolute atomic E-state index is 11.7. The number of nitrogens with one attached hydrogen (secondary N) is 2. The predicted octanol–water partition coefficient (Wildman–Crippen LogP) is 2.43. The van der Waals surface area contributed by atoms with Crippen molar-refractivity contribution in [2.75, 3.05) is 19.7 Å². The summed E-state index contributed by atoms with van der Waals surface area (Å²) in [7, 11) is 0. The van der Waals surface area contributed by atoms with Crippen LogP contribution in [-0.2, 0) is 6.42 Å². The van der Waals surface area contributed by atoms with Crippen molar-refractivity contribution in [2.45, 2.75) is 12.5 Å². The van der Waals surface area contributed by atoms with E-state index in [9.17, 15) is 4.79 Å². The van der Waals surface area contributed by atoms with E-state index in [1.807, 2.05) is 29.6 Å². The van der Waals surface area contributed by atoms with Gasteiger partial charge in [0.25, 0.3) is 0 Å². The molecular weight excluding hydrogens is 300 g/mol. The predicted molar refractivity (Wildman–Crippen MR) is 85.8 cm³/mol. The molecule has 2 amide bonds. The number of urea groups is 1. The molecule has 1 aromatic carbocycles. The lowest BCUT2D eigenvalue weighted by atomic mass is 10.2. The molecule has 2 N–H and O–H groups in total. The maximum Gasteiger partial charge on any atom is 0.314 e. The summed E-state index contributed by atoms with van der Waals surface area (Å²) in [6.07, 6.45) is 0.672. The normalized spacial score (nSPS) is 16.1. The number of thiophene rings is 1. The standard InChI is InChI=1S/C16H18N2O3S/c19-16(17-7-5-12-6-8-22-11-12)18-9-13-10-20-14-3-1-2-4-15(14)21-13/h1-4,6,8,11,13H,5,7,9-10H2,(H2,17,18,19). The number of carbonyl (C=O) groups excluding carboxylic acids is 1. The number of rotatable bonds is 5. The molecule has 3 rings (SSSR count). The van der Waals surface area contributed by atoms with Gasteiger partial charge in [0, 0.05) is 6.54 Å². The molecule has 0 radical (unpaired) electrons. The van der Waals surface area contributed by atoms with Crippen molar-refractivity contribution in [1.82, 2.24) is 10.6 Å². The van der Waals surface area contributed by atoms with Crippen LogP contribution in [0.5, 0.6) is 11.5 Å². The summed E-state index contributed by atoms with van der Waals surface area (Å²) < 4.78 is 11.4. The van der Waals surface area contributed by atoms with Gasteiger partial charge in [0.2, 0.25) is 0 Å². The van der Waals surface area contributed by atoms with Gasteiger partial charge >= 0.3 is 6.03 Å². The first-order valence-electron chi connectivity index (χ1n) is 7.22. The third-order valence-electron chi connectivity index (χ3n) is 3.34. The van der Waals surface area contributed by atoms with Gasteiger partial charge in [-0.05, 0) is 40.9 Å². The van der Waals surface area contributed by atoms with Crippen molar-refractivity contribution in [3.8, 4) is 11.5 Å². The van der Waals surface area contributed by atoms with Crippen molar-refractivity contribution in [1.29, 1.82) is 0 Å². The van der Waals surface area contributed by atoms with E-state index in [0.29, 0.717) is 19.7 Å². The lowest BCUT2D eigenvalue weighted by Gasteiger charge is -2.26. The number of hydrogen-bond acceptors (Lipinski definition) is 4. The topological polar surface area (TPSA) is 59.6 Å². The molecule has 0 saturated heterocycles. The van der Waals surface area contributed by atoms with Crippen molar-refractivity contribution in [3.63, 3.8) is 0 Å². The Morgan fingerprint density at radius 3 is 2.91 bits per heavy atom. The molecule has 2 heterocycles. The molecule has 116 valence electrons. The van der Waals surface area contributed by atoms with Gasteiger partial charge in [-0.3, -0.25) is 0 Å². The van der Waals surface area contributed by atoms with Crippen LogP contribution in [0.1, 0.15) is 5.56 Å². The summed E-state index contributed by atoms with van der Waals surface area (Å²) in [5.41, 5.74) is 1.24. The monoisotopic (exact) mass is 318 g/mol. The number of fused-ring (bicyclic) bond motifs is 1.